The zero-order chi connectivity index (χ0) is 19.1. The number of anilines is 5. The molecule has 0 spiro atoms. The van der Waals surface area contributed by atoms with Crippen LogP contribution in [-0.2, 0) is 6.54 Å². The fourth-order valence-electron chi connectivity index (χ4n) is 3.33. The van der Waals surface area contributed by atoms with E-state index in [2.05, 4.69) is 25.8 Å². The summed E-state index contributed by atoms with van der Waals surface area (Å²) in [5, 5.41) is 9.76. The molecule has 1 fully saturated rings. The third-order valence-electron chi connectivity index (χ3n) is 4.88. The molecule has 2 amide bonds. The Balaban J connectivity index is 1.58. The first kappa shape index (κ1) is 16.5. The Hall–Kier alpha value is -3.62. The van der Waals surface area contributed by atoms with Crippen LogP contribution in [0.3, 0.4) is 0 Å². The van der Waals surface area contributed by atoms with Crippen LogP contribution in [0.1, 0.15) is 18.4 Å². The van der Waals surface area contributed by atoms with Gasteiger partial charge in [-0.3, -0.25) is 5.32 Å². The van der Waals surface area contributed by atoms with Crippen LogP contribution in [0.2, 0.25) is 0 Å². The first-order valence-electron chi connectivity index (χ1n) is 9.15. The van der Waals surface area contributed by atoms with Gasteiger partial charge in [-0.25, -0.2) is 14.7 Å². The van der Waals surface area contributed by atoms with E-state index in [-0.39, 0.29) is 6.03 Å². The molecule has 9 heteroatoms. The van der Waals surface area contributed by atoms with Crippen molar-refractivity contribution >= 4 is 35.1 Å². The molecule has 0 atom stereocenters. The number of benzene rings is 1. The SMILES string of the molecule is CNc1cccc(N2C(=O)N(C3CC3)Cc3cnc(Nc4ccno4)nc32)c1. The van der Waals surface area contributed by atoms with E-state index in [1.807, 2.05) is 36.2 Å². The van der Waals surface area contributed by atoms with Gasteiger partial charge >= 0.3 is 6.03 Å². The van der Waals surface area contributed by atoms with Crippen LogP contribution in [0.5, 0.6) is 0 Å². The molecule has 2 N–H and O–H groups in total. The Kier molecular flexibility index (Phi) is 3.85. The normalized spacial score (nSPS) is 16.1. The third-order valence-corrected chi connectivity index (χ3v) is 4.88. The van der Waals surface area contributed by atoms with Gasteiger partial charge in [-0.05, 0) is 31.0 Å². The lowest BCUT2D eigenvalue weighted by molar-refractivity contribution is 0.198. The summed E-state index contributed by atoms with van der Waals surface area (Å²) in [4.78, 5) is 25.9. The number of nitrogens with zero attached hydrogens (tertiary/aromatic N) is 5. The molecule has 3 aromatic rings. The van der Waals surface area contributed by atoms with Gasteiger partial charge in [-0.15, -0.1) is 0 Å². The number of fused-ring (bicyclic) bond motifs is 1. The highest BCUT2D eigenvalue weighted by molar-refractivity contribution is 6.01. The largest absolute Gasteiger partial charge is 0.388 e. The van der Waals surface area contributed by atoms with Crippen molar-refractivity contribution in [1.82, 2.24) is 20.0 Å². The molecule has 9 nitrogen and oxygen atoms in total. The molecule has 1 aliphatic heterocycles. The van der Waals surface area contributed by atoms with Crippen LogP contribution in [0.4, 0.5) is 33.8 Å². The van der Waals surface area contributed by atoms with Crippen molar-refractivity contribution in [2.75, 3.05) is 22.6 Å². The molecule has 142 valence electrons. The highest BCUT2D eigenvalue weighted by atomic mass is 16.5. The molecule has 1 aromatic carbocycles. The van der Waals surface area contributed by atoms with Crippen LogP contribution >= 0.6 is 0 Å². The molecule has 1 aliphatic carbocycles. The summed E-state index contributed by atoms with van der Waals surface area (Å²) in [6.45, 7) is 0.517. The lowest BCUT2D eigenvalue weighted by Crippen LogP contribution is -2.46. The van der Waals surface area contributed by atoms with E-state index in [4.69, 9.17) is 4.52 Å². The van der Waals surface area contributed by atoms with Crippen molar-refractivity contribution in [2.24, 2.45) is 0 Å². The molecule has 0 bridgehead atoms. The summed E-state index contributed by atoms with van der Waals surface area (Å²) in [5.41, 5.74) is 2.58. The fraction of sp³-hybridized carbons (Fsp3) is 0.263. The highest BCUT2D eigenvalue weighted by Crippen LogP contribution is 2.39. The van der Waals surface area contributed by atoms with Gasteiger partial charge in [0.2, 0.25) is 11.8 Å². The second-order valence-electron chi connectivity index (χ2n) is 6.82. The van der Waals surface area contributed by atoms with Crippen molar-refractivity contribution in [1.29, 1.82) is 0 Å². The van der Waals surface area contributed by atoms with E-state index in [1.165, 1.54) is 6.20 Å². The van der Waals surface area contributed by atoms with E-state index >= 15 is 0 Å². The van der Waals surface area contributed by atoms with Gasteiger partial charge in [0, 0.05) is 36.6 Å². The minimum Gasteiger partial charge on any atom is -0.388 e. The smallest absolute Gasteiger partial charge is 0.330 e. The maximum Gasteiger partial charge on any atom is 0.330 e. The van der Waals surface area contributed by atoms with Gasteiger partial charge in [0.15, 0.2) is 5.82 Å². The zero-order valence-electron chi connectivity index (χ0n) is 15.3. The lowest BCUT2D eigenvalue weighted by Gasteiger charge is -2.36. The standard InChI is InChI=1S/C19H19N7O2/c1-20-13-3-2-4-15(9-13)26-17-12(11-25(19(26)27)14-5-6-14)10-21-18(24-17)23-16-7-8-22-28-16/h2-4,7-10,14,20H,5-6,11H2,1H3,(H,21,23,24). The van der Waals surface area contributed by atoms with Crippen LogP contribution < -0.4 is 15.5 Å². The number of carbonyl (C=O) groups excluding carboxylic acids is 1. The van der Waals surface area contributed by atoms with Crippen molar-refractivity contribution in [3.05, 3.63) is 48.3 Å². The molecule has 5 rings (SSSR count). The summed E-state index contributed by atoms with van der Waals surface area (Å²) in [5.74, 6) is 1.36. The summed E-state index contributed by atoms with van der Waals surface area (Å²) >= 11 is 0. The maximum absolute atomic E-state index is 13.3. The van der Waals surface area contributed by atoms with Gasteiger partial charge in [-0.2, -0.15) is 4.98 Å². The molecule has 2 aromatic heterocycles. The number of aromatic nitrogens is 3. The number of amides is 2. The van der Waals surface area contributed by atoms with E-state index in [0.29, 0.717) is 30.2 Å². The Morgan fingerprint density at radius 3 is 2.89 bits per heavy atom. The van der Waals surface area contributed by atoms with Crippen molar-refractivity contribution in [3.8, 4) is 0 Å². The first-order chi connectivity index (χ1) is 13.7. The Labute approximate surface area is 161 Å². The predicted molar refractivity (Wildman–Crippen MR) is 104 cm³/mol. The number of hydrogen-bond acceptors (Lipinski definition) is 7. The monoisotopic (exact) mass is 377 g/mol. The third kappa shape index (κ3) is 2.90. The van der Waals surface area contributed by atoms with Crippen molar-refractivity contribution < 1.29 is 9.32 Å². The maximum atomic E-state index is 13.3. The van der Waals surface area contributed by atoms with Gasteiger partial charge < -0.3 is 14.7 Å². The van der Waals surface area contributed by atoms with Gasteiger partial charge in [0.25, 0.3) is 0 Å². The number of carbonyl (C=O) groups is 1. The lowest BCUT2D eigenvalue weighted by atomic mass is 10.1. The Morgan fingerprint density at radius 2 is 2.14 bits per heavy atom. The van der Waals surface area contributed by atoms with Crippen LogP contribution in [0.15, 0.2) is 47.2 Å². The molecule has 3 heterocycles. The second-order valence-corrected chi connectivity index (χ2v) is 6.82. The molecular weight excluding hydrogens is 358 g/mol. The van der Waals surface area contributed by atoms with Crippen molar-refractivity contribution in [2.45, 2.75) is 25.4 Å². The molecule has 2 aliphatic rings. The average molecular weight is 377 g/mol. The van der Waals surface area contributed by atoms with E-state index < -0.39 is 0 Å². The minimum absolute atomic E-state index is 0.0624. The average Bonchev–Trinajstić information content (AvgIpc) is 3.44. The highest BCUT2D eigenvalue weighted by Gasteiger charge is 2.41. The Bertz CT molecular complexity index is 1020. The number of hydrogen-bond donors (Lipinski definition) is 2. The quantitative estimate of drug-likeness (QED) is 0.702. The fourth-order valence-corrected chi connectivity index (χ4v) is 3.33. The van der Waals surface area contributed by atoms with Crippen LogP contribution in [-0.4, -0.2) is 39.1 Å². The predicted octanol–water partition coefficient (Wildman–Crippen LogP) is 3.49. The van der Waals surface area contributed by atoms with E-state index in [0.717, 1.165) is 29.8 Å². The van der Waals surface area contributed by atoms with Gasteiger partial charge in [0.05, 0.1) is 18.4 Å². The van der Waals surface area contributed by atoms with Crippen LogP contribution in [0.25, 0.3) is 0 Å². The molecule has 0 saturated heterocycles. The van der Waals surface area contributed by atoms with Gasteiger partial charge in [-0.1, -0.05) is 11.2 Å². The van der Waals surface area contributed by atoms with Gasteiger partial charge in [0.1, 0.15) is 0 Å². The summed E-state index contributed by atoms with van der Waals surface area (Å²) in [7, 11) is 1.85. The number of nitrogens with one attached hydrogen (secondary N) is 2. The first-order valence-corrected chi connectivity index (χ1v) is 9.15. The zero-order valence-corrected chi connectivity index (χ0v) is 15.3. The molecule has 28 heavy (non-hydrogen) atoms. The molecule has 0 radical (unpaired) electrons. The summed E-state index contributed by atoms with van der Waals surface area (Å²) in [6.07, 6.45) is 5.38. The minimum atomic E-state index is -0.0624. The van der Waals surface area contributed by atoms with E-state index in [1.54, 1.807) is 17.2 Å². The summed E-state index contributed by atoms with van der Waals surface area (Å²) < 4.78 is 5.06. The van der Waals surface area contributed by atoms with Crippen LogP contribution in [0, 0.1) is 0 Å². The van der Waals surface area contributed by atoms with E-state index in [9.17, 15) is 4.79 Å². The second kappa shape index (κ2) is 6.52. The Morgan fingerprint density at radius 1 is 1.25 bits per heavy atom. The molecular formula is C19H19N7O2. The molecule has 1 saturated carbocycles. The number of urea groups is 1. The topological polar surface area (TPSA) is 99.4 Å². The molecule has 0 unspecified atom stereocenters. The van der Waals surface area contributed by atoms with Crippen molar-refractivity contribution in [3.63, 3.8) is 0 Å². The summed E-state index contributed by atoms with van der Waals surface area (Å²) in [6, 6.07) is 9.62. The number of rotatable bonds is 5.